The fourth-order valence-electron chi connectivity index (χ4n) is 2.75. The molecule has 0 saturated carbocycles. The van der Waals surface area contributed by atoms with Gasteiger partial charge in [-0.1, -0.05) is 18.2 Å². The minimum absolute atomic E-state index is 0.0736. The minimum atomic E-state index is -0.0736. The fourth-order valence-corrected chi connectivity index (χ4v) is 2.75. The molecule has 0 radical (unpaired) electrons. The maximum absolute atomic E-state index is 13.6. The first kappa shape index (κ1) is 12.3. The van der Waals surface area contributed by atoms with Crippen molar-refractivity contribution in [1.82, 2.24) is 10.3 Å². The second-order valence-electron chi connectivity index (χ2n) is 5.05. The van der Waals surface area contributed by atoms with E-state index in [4.69, 9.17) is 0 Å². The van der Waals surface area contributed by atoms with Crippen LogP contribution in [0.15, 0.2) is 36.4 Å². The van der Waals surface area contributed by atoms with E-state index in [1.54, 1.807) is 12.1 Å². The molecule has 0 saturated heterocycles. The van der Waals surface area contributed by atoms with Crippen molar-refractivity contribution in [3.8, 4) is 0 Å². The molecular formula is C16H17FN2. The van der Waals surface area contributed by atoms with Crippen LogP contribution in [0.4, 0.5) is 4.39 Å². The van der Waals surface area contributed by atoms with Gasteiger partial charge in [0.25, 0.3) is 0 Å². The van der Waals surface area contributed by atoms with Crippen molar-refractivity contribution in [2.75, 3.05) is 0 Å². The highest BCUT2D eigenvalue weighted by Crippen LogP contribution is 2.32. The summed E-state index contributed by atoms with van der Waals surface area (Å²) in [6, 6.07) is 11.6. The molecule has 0 fully saturated rings. The Morgan fingerprint density at radius 2 is 2.11 bits per heavy atom. The van der Waals surface area contributed by atoms with Gasteiger partial charge in [-0.3, -0.25) is 4.98 Å². The SMILES string of the molecule is Cc1cccc(CNC2CCc3c(F)cccc32)n1. The molecule has 1 aromatic carbocycles. The van der Waals surface area contributed by atoms with Crippen LogP contribution in [0.1, 0.15) is 35.0 Å². The van der Waals surface area contributed by atoms with Gasteiger partial charge in [0.05, 0.1) is 5.69 Å². The van der Waals surface area contributed by atoms with Gasteiger partial charge in [-0.05, 0) is 49.1 Å². The first-order valence-electron chi connectivity index (χ1n) is 6.67. The van der Waals surface area contributed by atoms with Crippen molar-refractivity contribution in [3.05, 3.63) is 64.7 Å². The van der Waals surface area contributed by atoms with E-state index in [-0.39, 0.29) is 11.9 Å². The first-order valence-corrected chi connectivity index (χ1v) is 6.67. The summed E-state index contributed by atoms with van der Waals surface area (Å²) in [5.41, 5.74) is 4.03. The molecule has 2 nitrogen and oxygen atoms in total. The largest absolute Gasteiger partial charge is 0.304 e. The molecule has 1 heterocycles. The maximum Gasteiger partial charge on any atom is 0.126 e. The van der Waals surface area contributed by atoms with Gasteiger partial charge in [0.1, 0.15) is 5.82 Å². The van der Waals surface area contributed by atoms with Crippen molar-refractivity contribution < 1.29 is 4.39 Å². The zero-order chi connectivity index (χ0) is 13.2. The van der Waals surface area contributed by atoms with Crippen molar-refractivity contribution in [1.29, 1.82) is 0 Å². The third-order valence-corrected chi connectivity index (χ3v) is 3.69. The van der Waals surface area contributed by atoms with Gasteiger partial charge in [0.15, 0.2) is 0 Å². The number of fused-ring (bicyclic) bond motifs is 1. The number of benzene rings is 1. The summed E-state index contributed by atoms with van der Waals surface area (Å²) < 4.78 is 13.6. The van der Waals surface area contributed by atoms with Crippen LogP contribution < -0.4 is 5.32 Å². The molecule has 3 heteroatoms. The number of rotatable bonds is 3. The molecule has 1 aromatic heterocycles. The van der Waals surface area contributed by atoms with Crippen molar-refractivity contribution in [2.24, 2.45) is 0 Å². The Bertz CT molecular complexity index is 595. The van der Waals surface area contributed by atoms with Crippen LogP contribution in [-0.4, -0.2) is 4.98 Å². The molecule has 1 aliphatic rings. The van der Waals surface area contributed by atoms with E-state index in [9.17, 15) is 4.39 Å². The van der Waals surface area contributed by atoms with Gasteiger partial charge >= 0.3 is 0 Å². The Morgan fingerprint density at radius 1 is 1.26 bits per heavy atom. The van der Waals surface area contributed by atoms with Crippen LogP contribution in [0.5, 0.6) is 0 Å². The Morgan fingerprint density at radius 3 is 2.95 bits per heavy atom. The van der Waals surface area contributed by atoms with E-state index in [1.165, 1.54) is 0 Å². The summed E-state index contributed by atoms with van der Waals surface area (Å²) in [5, 5.41) is 3.48. The van der Waals surface area contributed by atoms with Gasteiger partial charge in [-0.2, -0.15) is 0 Å². The number of pyridine rings is 1. The molecule has 0 spiro atoms. The van der Waals surface area contributed by atoms with E-state index < -0.39 is 0 Å². The fraction of sp³-hybridized carbons (Fsp3) is 0.312. The molecule has 1 atom stereocenters. The number of aromatic nitrogens is 1. The topological polar surface area (TPSA) is 24.9 Å². The van der Waals surface area contributed by atoms with E-state index in [0.29, 0.717) is 0 Å². The number of hydrogen-bond acceptors (Lipinski definition) is 2. The van der Waals surface area contributed by atoms with Crippen molar-refractivity contribution >= 4 is 0 Å². The highest BCUT2D eigenvalue weighted by atomic mass is 19.1. The predicted molar refractivity (Wildman–Crippen MR) is 73.3 cm³/mol. The van der Waals surface area contributed by atoms with E-state index >= 15 is 0 Å². The lowest BCUT2D eigenvalue weighted by Gasteiger charge is -2.14. The molecule has 0 amide bonds. The summed E-state index contributed by atoms with van der Waals surface area (Å²) in [5.74, 6) is -0.0736. The van der Waals surface area contributed by atoms with E-state index in [1.807, 2.05) is 31.2 Å². The number of nitrogens with zero attached hydrogens (tertiary/aromatic N) is 1. The molecule has 3 rings (SSSR count). The van der Waals surface area contributed by atoms with Gasteiger partial charge in [-0.25, -0.2) is 4.39 Å². The number of hydrogen-bond donors (Lipinski definition) is 1. The monoisotopic (exact) mass is 256 g/mol. The number of nitrogens with one attached hydrogen (secondary N) is 1. The lowest BCUT2D eigenvalue weighted by molar-refractivity contribution is 0.525. The minimum Gasteiger partial charge on any atom is -0.304 e. The molecule has 2 aromatic rings. The first-order chi connectivity index (χ1) is 9.24. The third kappa shape index (κ3) is 2.51. The van der Waals surface area contributed by atoms with E-state index in [0.717, 1.165) is 41.9 Å². The summed E-state index contributed by atoms with van der Waals surface area (Å²) in [4.78, 5) is 4.47. The quantitative estimate of drug-likeness (QED) is 0.911. The van der Waals surface area contributed by atoms with Crippen LogP contribution in [0.3, 0.4) is 0 Å². The van der Waals surface area contributed by atoms with Gasteiger partial charge in [0.2, 0.25) is 0 Å². The average Bonchev–Trinajstić information content (AvgIpc) is 2.81. The van der Waals surface area contributed by atoms with Crippen molar-refractivity contribution in [3.63, 3.8) is 0 Å². The Balaban J connectivity index is 1.72. The Kier molecular flexibility index (Phi) is 3.30. The van der Waals surface area contributed by atoms with Gasteiger partial charge in [-0.15, -0.1) is 0 Å². The zero-order valence-corrected chi connectivity index (χ0v) is 11.0. The van der Waals surface area contributed by atoms with Crippen LogP contribution in [0, 0.1) is 12.7 Å². The molecule has 0 aliphatic heterocycles. The van der Waals surface area contributed by atoms with Crippen LogP contribution >= 0.6 is 0 Å². The highest BCUT2D eigenvalue weighted by Gasteiger charge is 2.24. The number of halogens is 1. The normalized spacial score (nSPS) is 17.5. The molecule has 19 heavy (non-hydrogen) atoms. The molecule has 0 bridgehead atoms. The van der Waals surface area contributed by atoms with Crippen LogP contribution in [-0.2, 0) is 13.0 Å². The second-order valence-corrected chi connectivity index (χ2v) is 5.05. The average molecular weight is 256 g/mol. The van der Waals surface area contributed by atoms with Crippen LogP contribution in [0.2, 0.25) is 0 Å². The highest BCUT2D eigenvalue weighted by molar-refractivity contribution is 5.35. The molecule has 1 unspecified atom stereocenters. The predicted octanol–water partition coefficient (Wildman–Crippen LogP) is 3.31. The molecule has 1 N–H and O–H groups in total. The molecular weight excluding hydrogens is 239 g/mol. The second kappa shape index (κ2) is 5.10. The van der Waals surface area contributed by atoms with Gasteiger partial charge in [0, 0.05) is 18.3 Å². The zero-order valence-electron chi connectivity index (χ0n) is 11.0. The standard InChI is InChI=1S/C16H17FN2/c1-11-4-2-5-12(19-11)10-18-16-9-8-13-14(16)6-3-7-15(13)17/h2-7,16,18H,8-10H2,1H3. The smallest absolute Gasteiger partial charge is 0.126 e. The van der Waals surface area contributed by atoms with E-state index in [2.05, 4.69) is 10.3 Å². The lowest BCUT2D eigenvalue weighted by atomic mass is 10.1. The Hall–Kier alpha value is -1.74. The van der Waals surface area contributed by atoms with Crippen LogP contribution in [0.25, 0.3) is 0 Å². The summed E-state index contributed by atoms with van der Waals surface area (Å²) >= 11 is 0. The summed E-state index contributed by atoms with van der Waals surface area (Å²) in [6.45, 7) is 2.71. The lowest BCUT2D eigenvalue weighted by Crippen LogP contribution is -2.19. The van der Waals surface area contributed by atoms with Gasteiger partial charge < -0.3 is 5.32 Å². The Labute approximate surface area is 112 Å². The third-order valence-electron chi connectivity index (χ3n) is 3.69. The summed E-state index contributed by atoms with van der Waals surface area (Å²) in [7, 11) is 0. The summed E-state index contributed by atoms with van der Waals surface area (Å²) in [6.07, 6.45) is 1.78. The maximum atomic E-state index is 13.6. The van der Waals surface area contributed by atoms with Crippen molar-refractivity contribution in [2.45, 2.75) is 32.4 Å². The molecule has 98 valence electrons. The number of aryl methyl sites for hydroxylation is 1. The molecule has 1 aliphatic carbocycles.